The van der Waals surface area contributed by atoms with Gasteiger partial charge in [0.25, 0.3) is 0 Å². The number of nitrogens with zero attached hydrogens (tertiary/aromatic N) is 1. The summed E-state index contributed by atoms with van der Waals surface area (Å²) in [5.41, 5.74) is 0.766. The highest BCUT2D eigenvalue weighted by Crippen LogP contribution is 2.34. The lowest BCUT2D eigenvalue weighted by Crippen LogP contribution is -1.96. The minimum Gasteiger partial charge on any atom is -0.487 e. The van der Waals surface area contributed by atoms with E-state index in [1.807, 2.05) is 0 Å². The Morgan fingerprint density at radius 1 is 1.40 bits per heavy atom. The first-order valence-corrected chi connectivity index (χ1v) is 5.67. The molecule has 3 nitrogen and oxygen atoms in total. The third-order valence-corrected chi connectivity index (χ3v) is 2.75. The Bertz CT molecular complexity index is 368. The van der Waals surface area contributed by atoms with E-state index >= 15 is 0 Å². The molecule has 0 aliphatic heterocycles. The lowest BCUT2D eigenvalue weighted by molar-refractivity contribution is 0.322. The molecule has 0 aliphatic carbocycles. The second-order valence-corrected chi connectivity index (χ2v) is 4.37. The van der Waals surface area contributed by atoms with Crippen LogP contribution in [0.15, 0.2) is 38.9 Å². The summed E-state index contributed by atoms with van der Waals surface area (Å²) in [4.78, 5) is 0. The third kappa shape index (κ3) is 3.35. The first kappa shape index (κ1) is 12.3. The lowest BCUT2D eigenvalue weighted by Gasteiger charge is -2.09. The van der Waals surface area contributed by atoms with Gasteiger partial charge in [-0.1, -0.05) is 17.8 Å². The van der Waals surface area contributed by atoms with Gasteiger partial charge in [0.15, 0.2) is 0 Å². The molecule has 80 valence electrons. The zero-order valence-corrected chi connectivity index (χ0v) is 11.0. The van der Waals surface area contributed by atoms with Crippen LogP contribution >= 0.6 is 31.9 Å². The van der Waals surface area contributed by atoms with Gasteiger partial charge in [0.2, 0.25) is 0 Å². The SMILES string of the molecule is C=CCOc1c(Br)cc(/C=N/O)cc1Br. The normalized spacial score (nSPS) is 10.5. The number of hydrogen-bond donors (Lipinski definition) is 1. The first-order chi connectivity index (χ1) is 7.19. The molecule has 0 radical (unpaired) electrons. The van der Waals surface area contributed by atoms with Gasteiger partial charge in [-0.3, -0.25) is 0 Å². The first-order valence-electron chi connectivity index (χ1n) is 4.09. The second-order valence-electron chi connectivity index (χ2n) is 2.66. The van der Waals surface area contributed by atoms with Gasteiger partial charge >= 0.3 is 0 Å². The molecule has 0 spiro atoms. The molecule has 0 atom stereocenters. The maximum absolute atomic E-state index is 8.41. The number of hydrogen-bond acceptors (Lipinski definition) is 3. The molecule has 0 heterocycles. The van der Waals surface area contributed by atoms with E-state index < -0.39 is 0 Å². The molecule has 0 amide bonds. The van der Waals surface area contributed by atoms with Crippen LogP contribution in [0, 0.1) is 0 Å². The monoisotopic (exact) mass is 333 g/mol. The van der Waals surface area contributed by atoms with E-state index in [9.17, 15) is 0 Å². The van der Waals surface area contributed by atoms with Crippen molar-refractivity contribution in [3.05, 3.63) is 39.3 Å². The van der Waals surface area contributed by atoms with E-state index in [1.54, 1.807) is 18.2 Å². The quantitative estimate of drug-likeness (QED) is 0.396. The van der Waals surface area contributed by atoms with Gasteiger partial charge in [-0.2, -0.15) is 0 Å². The largest absolute Gasteiger partial charge is 0.487 e. The number of halogens is 2. The van der Waals surface area contributed by atoms with E-state index in [0.717, 1.165) is 14.5 Å². The molecule has 0 aliphatic rings. The molecule has 15 heavy (non-hydrogen) atoms. The van der Waals surface area contributed by atoms with Crippen LogP contribution in [0.3, 0.4) is 0 Å². The Labute approximate surface area is 105 Å². The van der Waals surface area contributed by atoms with Gasteiger partial charge in [0, 0.05) is 0 Å². The average Bonchev–Trinajstić information content (AvgIpc) is 2.17. The van der Waals surface area contributed by atoms with Gasteiger partial charge in [0.05, 0.1) is 15.2 Å². The van der Waals surface area contributed by atoms with Crippen LogP contribution in [-0.4, -0.2) is 18.0 Å². The number of ether oxygens (including phenoxy) is 1. The fourth-order valence-electron chi connectivity index (χ4n) is 1.00. The summed E-state index contributed by atoms with van der Waals surface area (Å²) in [5, 5.41) is 11.4. The highest BCUT2D eigenvalue weighted by molar-refractivity contribution is 9.11. The topological polar surface area (TPSA) is 41.8 Å². The molecule has 0 unspecified atom stereocenters. The van der Waals surface area contributed by atoms with Crippen molar-refractivity contribution in [2.75, 3.05) is 6.61 Å². The van der Waals surface area contributed by atoms with E-state index in [4.69, 9.17) is 9.94 Å². The maximum atomic E-state index is 8.41. The van der Waals surface area contributed by atoms with Crippen LogP contribution in [0.25, 0.3) is 0 Å². The zero-order chi connectivity index (χ0) is 11.3. The molecular weight excluding hydrogens is 326 g/mol. The van der Waals surface area contributed by atoms with Crippen LogP contribution in [-0.2, 0) is 0 Å². The smallest absolute Gasteiger partial charge is 0.148 e. The summed E-state index contributed by atoms with van der Waals surface area (Å²) in [6.07, 6.45) is 3.01. The number of benzene rings is 1. The van der Waals surface area contributed by atoms with Crippen molar-refractivity contribution < 1.29 is 9.94 Å². The Kier molecular flexibility index (Phi) is 4.84. The Balaban J connectivity index is 3.03. The Hall–Kier alpha value is -0.810. The fraction of sp³-hybridized carbons (Fsp3) is 0.100. The van der Waals surface area contributed by atoms with Crippen molar-refractivity contribution in [2.24, 2.45) is 5.16 Å². The molecule has 1 rings (SSSR count). The molecule has 0 saturated carbocycles. The van der Waals surface area contributed by atoms with Crippen LogP contribution in [0.2, 0.25) is 0 Å². The van der Waals surface area contributed by atoms with Crippen molar-refractivity contribution >= 4 is 38.1 Å². The summed E-state index contributed by atoms with van der Waals surface area (Å²) in [6.45, 7) is 4.01. The minimum absolute atomic E-state index is 0.435. The molecule has 0 saturated heterocycles. The molecule has 1 aromatic rings. The number of oxime groups is 1. The highest BCUT2D eigenvalue weighted by Gasteiger charge is 2.07. The Morgan fingerprint density at radius 2 is 2.00 bits per heavy atom. The molecule has 5 heteroatoms. The Morgan fingerprint density at radius 3 is 2.47 bits per heavy atom. The van der Waals surface area contributed by atoms with Gasteiger partial charge in [-0.15, -0.1) is 0 Å². The van der Waals surface area contributed by atoms with Gasteiger partial charge in [-0.25, -0.2) is 0 Å². The summed E-state index contributed by atoms with van der Waals surface area (Å²) < 4.78 is 7.00. The maximum Gasteiger partial charge on any atom is 0.148 e. The summed E-state index contributed by atoms with van der Waals surface area (Å²) >= 11 is 6.73. The summed E-state index contributed by atoms with van der Waals surface area (Å²) in [6, 6.07) is 3.59. The highest BCUT2D eigenvalue weighted by atomic mass is 79.9. The van der Waals surface area contributed by atoms with Gasteiger partial charge in [0.1, 0.15) is 12.4 Å². The average molecular weight is 335 g/mol. The molecule has 1 aromatic carbocycles. The molecule has 1 N–H and O–H groups in total. The van der Waals surface area contributed by atoms with Crippen LogP contribution in [0.1, 0.15) is 5.56 Å². The lowest BCUT2D eigenvalue weighted by atomic mass is 10.2. The van der Waals surface area contributed by atoms with Gasteiger partial charge in [-0.05, 0) is 49.6 Å². The fourth-order valence-corrected chi connectivity index (χ4v) is 2.45. The van der Waals surface area contributed by atoms with Crippen LogP contribution < -0.4 is 4.74 Å². The predicted molar refractivity (Wildman–Crippen MR) is 66.9 cm³/mol. The standard InChI is InChI=1S/C10H9Br2NO2/c1-2-3-15-10-8(11)4-7(6-13-14)5-9(10)12/h2,4-6,14H,1,3H2/b13-6+. The van der Waals surface area contributed by atoms with Crippen molar-refractivity contribution in [3.63, 3.8) is 0 Å². The van der Waals surface area contributed by atoms with Crippen molar-refractivity contribution in [1.82, 2.24) is 0 Å². The van der Waals surface area contributed by atoms with E-state index in [-0.39, 0.29) is 0 Å². The third-order valence-electron chi connectivity index (χ3n) is 1.57. The van der Waals surface area contributed by atoms with E-state index in [2.05, 4.69) is 43.6 Å². The second kappa shape index (κ2) is 5.92. The molecular formula is C10H9Br2NO2. The summed E-state index contributed by atoms with van der Waals surface area (Å²) in [5.74, 6) is 0.699. The molecule has 0 bridgehead atoms. The van der Waals surface area contributed by atoms with Crippen LogP contribution in [0.4, 0.5) is 0 Å². The molecule has 0 fully saturated rings. The van der Waals surface area contributed by atoms with Crippen LogP contribution in [0.5, 0.6) is 5.75 Å². The van der Waals surface area contributed by atoms with Crippen molar-refractivity contribution in [3.8, 4) is 5.75 Å². The van der Waals surface area contributed by atoms with E-state index in [0.29, 0.717) is 12.4 Å². The van der Waals surface area contributed by atoms with Crippen molar-refractivity contribution in [1.29, 1.82) is 0 Å². The van der Waals surface area contributed by atoms with E-state index in [1.165, 1.54) is 6.21 Å². The minimum atomic E-state index is 0.435. The van der Waals surface area contributed by atoms with Crippen molar-refractivity contribution in [2.45, 2.75) is 0 Å². The number of rotatable bonds is 4. The summed E-state index contributed by atoms with van der Waals surface area (Å²) in [7, 11) is 0. The molecule has 0 aromatic heterocycles. The van der Waals surface area contributed by atoms with Gasteiger partial charge < -0.3 is 9.94 Å². The predicted octanol–water partition coefficient (Wildman–Crippen LogP) is 3.58. The zero-order valence-electron chi connectivity index (χ0n) is 7.78.